The van der Waals surface area contributed by atoms with E-state index in [1.54, 1.807) is 4.57 Å². The molecule has 2 aliphatic heterocycles. The number of hydrogen-bond donors (Lipinski definition) is 0. The third-order valence-corrected chi connectivity index (χ3v) is 19.9. The predicted octanol–water partition coefficient (Wildman–Crippen LogP) is 22.5. The zero-order chi connectivity index (χ0) is 73.9. The Morgan fingerprint density at radius 1 is 0.398 bits per heavy atom. The van der Waals surface area contributed by atoms with Gasteiger partial charge in [-0.25, -0.2) is 0 Å². The van der Waals surface area contributed by atoms with Crippen molar-refractivity contribution in [2.75, 3.05) is 9.80 Å². The first-order chi connectivity index (χ1) is 50.8. The van der Waals surface area contributed by atoms with E-state index in [9.17, 15) is 10.7 Å². The van der Waals surface area contributed by atoms with E-state index in [0.29, 0.717) is 22.7 Å². The maximum atomic E-state index is 11.1. The summed E-state index contributed by atoms with van der Waals surface area (Å²) in [6, 6.07) is 81.8. The smallest absolute Gasteiger partial charge is 0.256 e. The molecule has 0 amide bonds. The van der Waals surface area contributed by atoms with Gasteiger partial charge in [0.05, 0.1) is 61.7 Å². The van der Waals surface area contributed by atoms with Crippen LogP contribution in [0.2, 0.25) is 0 Å². The van der Waals surface area contributed by atoms with Crippen LogP contribution >= 0.6 is 0 Å². The van der Waals surface area contributed by atoms with Gasteiger partial charge < -0.3 is 23.7 Å². The third kappa shape index (κ3) is 9.91. The molecule has 2 aromatic heterocycles. The Balaban J connectivity index is 1.00. The van der Waals surface area contributed by atoms with Gasteiger partial charge in [-0.05, 0) is 181 Å². The van der Waals surface area contributed by atoms with E-state index in [0.717, 1.165) is 117 Å². The Hall–Kier alpha value is -11.6. The fourth-order valence-corrected chi connectivity index (χ4v) is 14.9. The first kappa shape index (κ1) is 51.7. The van der Waals surface area contributed by atoms with Gasteiger partial charge in [0.25, 0.3) is 6.71 Å². The lowest BCUT2D eigenvalue weighted by atomic mass is 9.34. The number of rotatable bonds is 9. The van der Waals surface area contributed by atoms with Crippen molar-refractivity contribution in [3.05, 3.63) is 307 Å². The highest BCUT2D eigenvalue weighted by Crippen LogP contribution is 2.52. The van der Waals surface area contributed by atoms with E-state index in [2.05, 4.69) is 240 Å². The van der Waals surface area contributed by atoms with Gasteiger partial charge in [-0.15, -0.1) is 0 Å². The number of benzene rings is 13. The molecule has 0 aliphatic carbocycles. The Kier molecular flexibility index (Phi) is 12.0. The molecule has 0 saturated carbocycles. The van der Waals surface area contributed by atoms with E-state index in [1.807, 2.05) is 78.9 Å². The second kappa shape index (κ2) is 22.8. The number of aromatic nitrogens is 2. The highest BCUT2D eigenvalue weighted by atomic mass is 16.5. The molecule has 98 heavy (non-hydrogen) atoms. The van der Waals surface area contributed by atoms with Crippen LogP contribution in [-0.4, -0.2) is 15.8 Å². The monoisotopic (exact) mass is 1270 g/mol. The summed E-state index contributed by atoms with van der Waals surface area (Å²) in [7, 11) is 0. The summed E-state index contributed by atoms with van der Waals surface area (Å²) in [5.41, 5.74) is 20.3. The fourth-order valence-electron chi connectivity index (χ4n) is 14.9. The average molecular weight is 1270 g/mol. The lowest BCUT2D eigenvalue weighted by molar-refractivity contribution is 0.487. The Morgan fingerprint density at radius 2 is 0.929 bits per heavy atom. The lowest BCUT2D eigenvalue weighted by Crippen LogP contribution is -2.59. The van der Waals surface area contributed by atoms with E-state index >= 15 is 0 Å². The van der Waals surface area contributed by atoms with Gasteiger partial charge in [0.2, 0.25) is 0 Å². The van der Waals surface area contributed by atoms with Crippen LogP contribution in [0.3, 0.4) is 0 Å². The predicted molar refractivity (Wildman–Crippen MR) is 413 cm³/mol. The number of hydrogen-bond acceptors (Lipinski definition) is 4. The standard InChI is InChI=1S/C91H74BN5O/c1-89(2,3)62-38-46-81(72(52-62)60-27-15-11-16-28-60)97-84-55-66(95-82-47-39-63(90(4,5)6)53-73(82)74-54-64(91(7,8)9)40-48-83(74)95)41-43-75(84)92-76-44-42-67(96-78-35-23-20-32-69(78)70-33-21-24-36-79(70)96)56-86(76)98-87-51-61(50-85(97)88(87)92)71-49-58(57-93)37-45-80(71)94(65-29-17-12-18-30-65)77-34-22-19-31-68(77)59-25-13-10-14-26-59/h10-56H,1-9H3/i20D,21D,23D,24D,32D,33D,35D,36D. The number of anilines is 6. The normalized spacial score (nSPS) is 13.9. The summed E-state index contributed by atoms with van der Waals surface area (Å²) in [6.07, 6.45) is 0. The van der Waals surface area contributed by atoms with Crippen LogP contribution in [0.15, 0.2) is 285 Å². The molecule has 0 bridgehead atoms. The summed E-state index contributed by atoms with van der Waals surface area (Å²) in [6.45, 7) is 19.8. The number of nitriles is 1. The molecule has 2 aliphatic rings. The first-order valence-corrected chi connectivity index (χ1v) is 33.6. The van der Waals surface area contributed by atoms with Crippen molar-refractivity contribution in [2.45, 2.75) is 78.6 Å². The highest BCUT2D eigenvalue weighted by molar-refractivity contribution is 6.99. The Morgan fingerprint density at radius 3 is 1.55 bits per heavy atom. The SMILES string of the molecule is [2H]c1c([2H])c([2H])c2c(c1[2H])c1c([2H])c([2H])c([2H])c([2H])c1n2-c1ccc2c(c1)Oc1cc(-c3cc(C#N)ccc3N(c3ccccc3)c3ccccc3-c3ccccc3)cc3c1B2c1ccc(-n2c4ccc(C(C)(C)C)cc4c4cc(C(C)(C)C)ccc42)cc1N3c1ccc(C(C)(C)C)cc1-c1ccccc1. The summed E-state index contributed by atoms with van der Waals surface area (Å²) in [5, 5.41) is 13.4. The van der Waals surface area contributed by atoms with Gasteiger partial charge in [0.15, 0.2) is 0 Å². The molecular formula is C91H74BN5O. The van der Waals surface area contributed by atoms with E-state index in [1.165, 1.54) is 11.1 Å². The zero-order valence-corrected chi connectivity index (χ0v) is 56.2. The summed E-state index contributed by atoms with van der Waals surface area (Å²) >= 11 is 0. The topological polar surface area (TPSA) is 49.4 Å². The summed E-state index contributed by atoms with van der Waals surface area (Å²) in [4.78, 5) is 4.69. The molecule has 472 valence electrons. The summed E-state index contributed by atoms with van der Waals surface area (Å²) in [5.74, 6) is 0.926. The molecule has 13 aromatic carbocycles. The van der Waals surface area contributed by atoms with E-state index in [4.69, 9.17) is 10.2 Å². The molecular weight excluding hydrogens is 1190 g/mol. The largest absolute Gasteiger partial charge is 0.458 e. The Labute approximate surface area is 585 Å². The molecule has 0 fully saturated rings. The summed E-state index contributed by atoms with van der Waals surface area (Å²) < 4.78 is 85.1. The molecule has 4 heterocycles. The molecule has 0 N–H and O–H groups in total. The van der Waals surface area contributed by atoms with Gasteiger partial charge in [0.1, 0.15) is 11.5 Å². The lowest BCUT2D eigenvalue weighted by Gasteiger charge is -2.41. The van der Waals surface area contributed by atoms with Crippen LogP contribution in [-0.2, 0) is 16.2 Å². The molecule has 0 saturated heterocycles. The maximum absolute atomic E-state index is 11.1. The fraction of sp³-hybridized carbons (Fsp3) is 0.132. The molecule has 0 atom stereocenters. The number of fused-ring (bicyclic) bond motifs is 10. The van der Waals surface area contributed by atoms with Crippen LogP contribution < -0.4 is 30.9 Å². The molecule has 0 unspecified atom stereocenters. The molecule has 6 nitrogen and oxygen atoms in total. The Bertz CT molecular complexity index is 6110. The van der Waals surface area contributed by atoms with Crippen LogP contribution in [0.5, 0.6) is 11.5 Å². The number of para-hydroxylation sites is 4. The molecule has 0 radical (unpaired) electrons. The minimum Gasteiger partial charge on any atom is -0.458 e. The van der Waals surface area contributed by atoms with Crippen LogP contribution in [0.25, 0.3) is 88.4 Å². The van der Waals surface area contributed by atoms with Crippen LogP contribution in [0.4, 0.5) is 34.1 Å². The minimum atomic E-state index is -0.538. The molecule has 17 rings (SSSR count). The van der Waals surface area contributed by atoms with Crippen molar-refractivity contribution in [3.63, 3.8) is 0 Å². The van der Waals surface area contributed by atoms with Crippen LogP contribution in [0.1, 0.15) is 95.5 Å². The minimum absolute atomic E-state index is 0.00245. The van der Waals surface area contributed by atoms with Gasteiger partial charge in [0, 0.05) is 72.7 Å². The molecule has 7 heteroatoms. The zero-order valence-electron chi connectivity index (χ0n) is 64.2. The van der Waals surface area contributed by atoms with E-state index in [-0.39, 0.29) is 38.1 Å². The number of nitrogens with zero attached hydrogens (tertiary/aromatic N) is 5. The first-order valence-electron chi connectivity index (χ1n) is 37.6. The van der Waals surface area contributed by atoms with Crippen molar-refractivity contribution in [3.8, 4) is 62.3 Å². The third-order valence-electron chi connectivity index (χ3n) is 19.9. The highest BCUT2D eigenvalue weighted by Gasteiger charge is 2.44. The van der Waals surface area contributed by atoms with E-state index < -0.39 is 55.1 Å². The van der Waals surface area contributed by atoms with Gasteiger partial charge >= 0.3 is 0 Å². The quantitative estimate of drug-likeness (QED) is 0.135. The number of ether oxygens (including phenoxy) is 1. The molecule has 15 aromatic rings. The maximum Gasteiger partial charge on any atom is 0.256 e. The van der Waals surface area contributed by atoms with Gasteiger partial charge in [-0.1, -0.05) is 226 Å². The van der Waals surface area contributed by atoms with Crippen molar-refractivity contribution >= 4 is 101 Å². The van der Waals surface area contributed by atoms with Crippen LogP contribution in [0, 0.1) is 11.3 Å². The van der Waals surface area contributed by atoms with Crippen molar-refractivity contribution < 1.29 is 15.7 Å². The van der Waals surface area contributed by atoms with Crippen molar-refractivity contribution in [2.24, 2.45) is 0 Å². The van der Waals surface area contributed by atoms with Crippen molar-refractivity contribution in [1.29, 1.82) is 5.26 Å². The van der Waals surface area contributed by atoms with Gasteiger partial charge in [-0.3, -0.25) is 0 Å². The average Bonchev–Trinajstić information content (AvgIpc) is 1.46. The second-order valence-electron chi connectivity index (χ2n) is 29.1. The van der Waals surface area contributed by atoms with Gasteiger partial charge in [-0.2, -0.15) is 5.26 Å². The van der Waals surface area contributed by atoms with Crippen molar-refractivity contribution in [1.82, 2.24) is 9.13 Å². The second-order valence-corrected chi connectivity index (χ2v) is 29.1. The molecule has 0 spiro atoms.